The zero-order chi connectivity index (χ0) is 13.2. The van der Waals surface area contributed by atoms with Crippen LogP contribution >= 0.6 is 0 Å². The van der Waals surface area contributed by atoms with Crippen molar-refractivity contribution in [2.45, 2.75) is 13.3 Å². The number of pyridine rings is 1. The lowest BCUT2D eigenvalue weighted by Gasteiger charge is -2.07. The second kappa shape index (κ2) is 4.80. The van der Waals surface area contributed by atoms with Gasteiger partial charge >= 0.3 is 0 Å². The fourth-order valence-corrected chi connectivity index (χ4v) is 2.11. The molecule has 0 atom stereocenters. The van der Waals surface area contributed by atoms with E-state index in [0.29, 0.717) is 12.7 Å². The van der Waals surface area contributed by atoms with E-state index >= 15 is 0 Å². The maximum Gasteiger partial charge on any atom is 0.231 e. The van der Waals surface area contributed by atoms with Crippen LogP contribution in [0.3, 0.4) is 0 Å². The molecule has 1 aliphatic rings. The van der Waals surface area contributed by atoms with Crippen LogP contribution in [0.1, 0.15) is 16.8 Å². The quantitative estimate of drug-likeness (QED) is 0.847. The molecule has 0 unspecified atom stereocenters. The van der Waals surface area contributed by atoms with Gasteiger partial charge in [-0.05, 0) is 30.7 Å². The molecule has 2 heterocycles. The number of fused-ring (bicyclic) bond motifs is 1. The van der Waals surface area contributed by atoms with Crippen molar-refractivity contribution < 1.29 is 14.2 Å². The van der Waals surface area contributed by atoms with E-state index < -0.39 is 0 Å². The topological polar surface area (TPSA) is 40.6 Å². The van der Waals surface area contributed by atoms with Gasteiger partial charge in [-0.2, -0.15) is 0 Å². The summed E-state index contributed by atoms with van der Waals surface area (Å²) in [5.74, 6) is 2.29. The van der Waals surface area contributed by atoms with Crippen LogP contribution < -0.4 is 14.2 Å². The summed E-state index contributed by atoms with van der Waals surface area (Å²) >= 11 is 0. The number of hydrogen-bond acceptors (Lipinski definition) is 4. The molecule has 0 bridgehead atoms. The zero-order valence-electron chi connectivity index (χ0n) is 11.0. The zero-order valence-corrected chi connectivity index (χ0v) is 11.0. The number of aryl methyl sites for hydroxylation is 1. The molecule has 0 amide bonds. The molecule has 0 N–H and O–H groups in total. The first-order chi connectivity index (χ1) is 9.26. The van der Waals surface area contributed by atoms with Crippen LogP contribution in [-0.4, -0.2) is 18.9 Å². The lowest BCUT2D eigenvalue weighted by atomic mass is 10.1. The Hall–Kier alpha value is -2.23. The van der Waals surface area contributed by atoms with Crippen LogP contribution in [0.4, 0.5) is 0 Å². The second-order valence-corrected chi connectivity index (χ2v) is 4.49. The Kier molecular flexibility index (Phi) is 2.99. The molecule has 0 saturated carbocycles. The van der Waals surface area contributed by atoms with Gasteiger partial charge in [-0.3, -0.25) is 0 Å². The molecule has 3 rings (SSSR count). The monoisotopic (exact) mass is 257 g/mol. The number of methoxy groups -OCH3 is 1. The number of aromatic nitrogens is 1. The van der Waals surface area contributed by atoms with E-state index in [9.17, 15) is 0 Å². The van der Waals surface area contributed by atoms with E-state index in [-0.39, 0.29) is 0 Å². The third-order valence-electron chi connectivity index (χ3n) is 3.12. The Morgan fingerprint density at radius 3 is 2.84 bits per heavy atom. The van der Waals surface area contributed by atoms with Crippen LogP contribution in [-0.2, 0) is 6.42 Å². The van der Waals surface area contributed by atoms with Gasteiger partial charge in [-0.25, -0.2) is 4.98 Å². The Balaban J connectivity index is 1.85. The standard InChI is InChI=1S/C15H15NO3/c1-10-3-5-12(16-15(10)17-2)7-11-4-6-13-14(8-11)19-9-18-13/h3-6,8H,7,9H2,1-2H3. The van der Waals surface area contributed by atoms with Crippen LogP contribution in [0.2, 0.25) is 0 Å². The van der Waals surface area contributed by atoms with Crippen LogP contribution in [0.25, 0.3) is 0 Å². The van der Waals surface area contributed by atoms with Crippen molar-refractivity contribution in [2.24, 2.45) is 0 Å². The van der Waals surface area contributed by atoms with Crippen LogP contribution in [0.15, 0.2) is 30.3 Å². The summed E-state index contributed by atoms with van der Waals surface area (Å²) in [6.45, 7) is 2.28. The Morgan fingerprint density at radius 2 is 2.00 bits per heavy atom. The molecule has 1 aliphatic heterocycles. The minimum absolute atomic E-state index is 0.301. The summed E-state index contributed by atoms with van der Waals surface area (Å²) in [5, 5.41) is 0. The fourth-order valence-electron chi connectivity index (χ4n) is 2.11. The van der Waals surface area contributed by atoms with Crippen molar-refractivity contribution in [3.63, 3.8) is 0 Å². The third kappa shape index (κ3) is 2.34. The Morgan fingerprint density at radius 1 is 1.16 bits per heavy atom. The number of nitrogens with zero attached hydrogens (tertiary/aromatic N) is 1. The van der Waals surface area contributed by atoms with Gasteiger partial charge in [0.2, 0.25) is 12.7 Å². The van der Waals surface area contributed by atoms with Crippen molar-refractivity contribution in [2.75, 3.05) is 13.9 Å². The molecule has 4 heteroatoms. The number of benzene rings is 1. The molecular weight excluding hydrogens is 242 g/mol. The molecule has 1 aromatic heterocycles. The molecule has 0 spiro atoms. The molecule has 0 saturated heterocycles. The van der Waals surface area contributed by atoms with Gasteiger partial charge in [0.05, 0.1) is 7.11 Å². The first-order valence-corrected chi connectivity index (χ1v) is 6.15. The van der Waals surface area contributed by atoms with Gasteiger partial charge in [-0.1, -0.05) is 12.1 Å². The number of rotatable bonds is 3. The highest BCUT2D eigenvalue weighted by Crippen LogP contribution is 2.33. The van der Waals surface area contributed by atoms with Gasteiger partial charge in [0.25, 0.3) is 0 Å². The second-order valence-electron chi connectivity index (χ2n) is 4.49. The first-order valence-electron chi connectivity index (χ1n) is 6.15. The predicted molar refractivity (Wildman–Crippen MR) is 70.9 cm³/mol. The van der Waals surface area contributed by atoms with Crippen molar-refractivity contribution >= 4 is 0 Å². The van der Waals surface area contributed by atoms with E-state index in [1.54, 1.807) is 7.11 Å². The SMILES string of the molecule is COc1nc(Cc2ccc3c(c2)OCO3)ccc1C. The number of hydrogen-bond donors (Lipinski definition) is 0. The van der Waals surface area contributed by atoms with Crippen molar-refractivity contribution in [1.82, 2.24) is 4.98 Å². The number of ether oxygens (including phenoxy) is 3. The van der Waals surface area contributed by atoms with E-state index in [2.05, 4.69) is 4.98 Å². The molecule has 0 radical (unpaired) electrons. The van der Waals surface area contributed by atoms with Crippen LogP contribution in [0, 0.1) is 6.92 Å². The van der Waals surface area contributed by atoms with E-state index in [1.807, 2.05) is 37.3 Å². The molecule has 4 nitrogen and oxygen atoms in total. The average molecular weight is 257 g/mol. The maximum atomic E-state index is 5.37. The average Bonchev–Trinajstić information content (AvgIpc) is 2.88. The molecule has 1 aromatic carbocycles. The predicted octanol–water partition coefficient (Wildman–Crippen LogP) is 2.72. The van der Waals surface area contributed by atoms with E-state index in [1.165, 1.54) is 0 Å². The summed E-state index contributed by atoms with van der Waals surface area (Å²) in [6, 6.07) is 10.00. The third-order valence-corrected chi connectivity index (χ3v) is 3.12. The molecule has 98 valence electrons. The largest absolute Gasteiger partial charge is 0.481 e. The molecule has 0 fully saturated rings. The first kappa shape index (κ1) is 11.8. The van der Waals surface area contributed by atoms with Crippen molar-refractivity contribution in [3.8, 4) is 17.4 Å². The summed E-state index contributed by atoms with van der Waals surface area (Å²) < 4.78 is 15.9. The van der Waals surface area contributed by atoms with Crippen molar-refractivity contribution in [3.05, 3.63) is 47.2 Å². The molecular formula is C15H15NO3. The highest BCUT2D eigenvalue weighted by atomic mass is 16.7. The minimum Gasteiger partial charge on any atom is -0.481 e. The summed E-state index contributed by atoms with van der Waals surface area (Å²) in [7, 11) is 1.64. The van der Waals surface area contributed by atoms with Gasteiger partial charge in [0, 0.05) is 17.7 Å². The van der Waals surface area contributed by atoms with Gasteiger partial charge in [-0.15, -0.1) is 0 Å². The summed E-state index contributed by atoms with van der Waals surface area (Å²) in [4.78, 5) is 4.49. The minimum atomic E-state index is 0.301. The molecule has 19 heavy (non-hydrogen) atoms. The maximum absolute atomic E-state index is 5.37. The van der Waals surface area contributed by atoms with Gasteiger partial charge < -0.3 is 14.2 Å². The van der Waals surface area contributed by atoms with E-state index in [4.69, 9.17) is 14.2 Å². The van der Waals surface area contributed by atoms with Gasteiger partial charge in [0.15, 0.2) is 11.5 Å². The Labute approximate surface area is 112 Å². The summed E-state index contributed by atoms with van der Waals surface area (Å²) in [6.07, 6.45) is 0.743. The fraction of sp³-hybridized carbons (Fsp3) is 0.267. The van der Waals surface area contributed by atoms with Gasteiger partial charge in [0.1, 0.15) is 0 Å². The Bertz CT molecular complexity index is 601. The molecule has 0 aliphatic carbocycles. The van der Waals surface area contributed by atoms with E-state index in [0.717, 1.165) is 34.7 Å². The van der Waals surface area contributed by atoms with Crippen LogP contribution in [0.5, 0.6) is 17.4 Å². The highest BCUT2D eigenvalue weighted by Gasteiger charge is 2.13. The van der Waals surface area contributed by atoms with Crippen molar-refractivity contribution in [1.29, 1.82) is 0 Å². The smallest absolute Gasteiger partial charge is 0.231 e. The normalized spacial score (nSPS) is 12.5. The highest BCUT2D eigenvalue weighted by molar-refractivity contribution is 5.45. The molecule has 2 aromatic rings. The summed E-state index contributed by atoms with van der Waals surface area (Å²) in [5.41, 5.74) is 3.15. The lowest BCUT2D eigenvalue weighted by Crippen LogP contribution is -1.97. The lowest BCUT2D eigenvalue weighted by molar-refractivity contribution is 0.174.